The van der Waals surface area contributed by atoms with Crippen molar-refractivity contribution in [2.24, 2.45) is 0 Å². The first-order chi connectivity index (χ1) is 13.5. The monoisotopic (exact) mass is 505 g/mol. The summed E-state index contributed by atoms with van der Waals surface area (Å²) in [5.41, 5.74) is 10.7. The van der Waals surface area contributed by atoms with E-state index in [1.165, 1.54) is 54.6 Å². The van der Waals surface area contributed by atoms with Crippen LogP contribution in [0.25, 0.3) is 0 Å². The van der Waals surface area contributed by atoms with Crippen LogP contribution in [0.3, 0.4) is 0 Å². The molecule has 0 atom stereocenters. The molecule has 1 fully saturated rings. The third-order valence-corrected chi connectivity index (χ3v) is 7.05. The molecule has 1 amide bonds. The minimum Gasteiger partial charge on any atom is -0.340 e. The molecule has 148 valence electrons. The lowest BCUT2D eigenvalue weighted by molar-refractivity contribution is -0.121. The first kappa shape index (κ1) is 19.9. The summed E-state index contributed by atoms with van der Waals surface area (Å²) in [6, 6.07) is 13.2. The molecule has 1 saturated carbocycles. The highest BCUT2D eigenvalue weighted by Gasteiger charge is 2.44. The van der Waals surface area contributed by atoms with Gasteiger partial charge in [0, 0.05) is 45.7 Å². The van der Waals surface area contributed by atoms with Crippen molar-refractivity contribution >= 4 is 49.1 Å². The number of carbonyl (C=O) groups excluding carboxylic acids is 1. The Bertz CT molecular complexity index is 838. The van der Waals surface area contributed by atoms with Crippen LogP contribution in [-0.2, 0) is 10.2 Å². The topological polar surface area (TPSA) is 44.4 Å². The number of benzene rings is 2. The van der Waals surface area contributed by atoms with Crippen LogP contribution >= 0.6 is 31.9 Å². The minimum absolute atomic E-state index is 0.00206. The van der Waals surface area contributed by atoms with E-state index >= 15 is 0 Å². The first-order valence-corrected chi connectivity index (χ1v) is 11.5. The summed E-state index contributed by atoms with van der Waals surface area (Å²) >= 11 is 7.39. The normalized spacial score (nSPS) is 17.2. The zero-order chi connectivity index (χ0) is 19.7. The van der Waals surface area contributed by atoms with Gasteiger partial charge >= 0.3 is 0 Å². The van der Waals surface area contributed by atoms with E-state index in [1.54, 1.807) is 7.05 Å². The highest BCUT2D eigenvalue weighted by atomic mass is 79.9. The van der Waals surface area contributed by atoms with E-state index in [2.05, 4.69) is 84.0 Å². The van der Waals surface area contributed by atoms with Gasteiger partial charge in [-0.1, -0.05) is 51.1 Å². The van der Waals surface area contributed by atoms with Crippen molar-refractivity contribution < 1.29 is 4.79 Å². The Morgan fingerprint density at radius 1 is 1.00 bits per heavy atom. The largest absolute Gasteiger partial charge is 0.340 e. The van der Waals surface area contributed by atoms with Gasteiger partial charge in [0.25, 0.3) is 0 Å². The molecule has 4 nitrogen and oxygen atoms in total. The fourth-order valence-corrected chi connectivity index (χ4v) is 5.60. The molecule has 6 heteroatoms. The van der Waals surface area contributed by atoms with Gasteiger partial charge in [0.05, 0.1) is 0 Å². The molecule has 2 N–H and O–H groups in total. The average molecular weight is 507 g/mol. The number of hydrogen-bond acceptors (Lipinski definition) is 3. The lowest BCUT2D eigenvalue weighted by Crippen LogP contribution is -2.40. The van der Waals surface area contributed by atoms with E-state index in [9.17, 15) is 4.79 Å². The Morgan fingerprint density at radius 3 is 2.11 bits per heavy atom. The lowest BCUT2D eigenvalue weighted by atomic mass is 9.63. The van der Waals surface area contributed by atoms with Gasteiger partial charge in [-0.25, -0.2) is 5.43 Å². The number of nitrogens with one attached hydrogen (secondary N) is 2. The number of carbonyl (C=O) groups is 1. The SMILES string of the molecule is CNNC(=O)CCN1c2ccc(Br)cc2C2(CCCCC2)c2cc(Br)ccc21. The smallest absolute Gasteiger partial charge is 0.235 e. The van der Waals surface area contributed by atoms with Crippen molar-refractivity contribution in [3.8, 4) is 0 Å². The van der Waals surface area contributed by atoms with Crippen molar-refractivity contribution in [2.75, 3.05) is 18.5 Å². The number of nitrogens with zero attached hydrogens (tertiary/aromatic N) is 1. The minimum atomic E-state index is -0.00206. The second-order valence-corrected chi connectivity index (χ2v) is 9.50. The van der Waals surface area contributed by atoms with E-state index in [4.69, 9.17) is 0 Å². The van der Waals surface area contributed by atoms with E-state index in [0.717, 1.165) is 8.95 Å². The van der Waals surface area contributed by atoms with Crippen LogP contribution in [0.1, 0.15) is 49.7 Å². The van der Waals surface area contributed by atoms with E-state index in [1.807, 2.05) is 0 Å². The van der Waals surface area contributed by atoms with Crippen molar-refractivity contribution in [2.45, 2.75) is 43.9 Å². The number of hydrogen-bond donors (Lipinski definition) is 2. The standard InChI is InChI=1S/C22H25Br2N3O/c1-25-26-21(28)9-12-27-19-7-5-15(23)13-17(19)22(10-3-2-4-11-22)18-14-16(24)6-8-20(18)27/h5-8,13-14,25H,2-4,9-12H2,1H3,(H,26,28). The first-order valence-electron chi connectivity index (χ1n) is 9.88. The van der Waals surface area contributed by atoms with Gasteiger partial charge in [0.2, 0.25) is 5.91 Å². The summed E-state index contributed by atoms with van der Waals surface area (Å²) in [6.07, 6.45) is 6.59. The lowest BCUT2D eigenvalue weighted by Gasteiger charge is -2.47. The van der Waals surface area contributed by atoms with Crippen molar-refractivity contribution in [1.29, 1.82) is 0 Å². The van der Waals surface area contributed by atoms with Gasteiger partial charge in [-0.2, -0.15) is 0 Å². The fourth-order valence-electron chi connectivity index (χ4n) is 4.88. The van der Waals surface area contributed by atoms with Crippen LogP contribution in [-0.4, -0.2) is 19.5 Å². The average Bonchev–Trinajstić information content (AvgIpc) is 2.70. The number of hydrazine groups is 1. The van der Waals surface area contributed by atoms with E-state index in [-0.39, 0.29) is 11.3 Å². The third kappa shape index (κ3) is 3.51. The van der Waals surface area contributed by atoms with Crippen molar-refractivity contribution in [3.63, 3.8) is 0 Å². The fraction of sp³-hybridized carbons (Fsp3) is 0.409. The van der Waals surface area contributed by atoms with E-state index < -0.39 is 0 Å². The van der Waals surface area contributed by atoms with Crippen LogP contribution in [0, 0.1) is 0 Å². The van der Waals surface area contributed by atoms with Gasteiger partial charge < -0.3 is 4.90 Å². The van der Waals surface area contributed by atoms with Gasteiger partial charge in [-0.05, 0) is 60.4 Å². The zero-order valence-electron chi connectivity index (χ0n) is 16.0. The maximum absolute atomic E-state index is 12.1. The van der Waals surface area contributed by atoms with Gasteiger partial charge in [0.1, 0.15) is 0 Å². The third-order valence-electron chi connectivity index (χ3n) is 6.06. The Kier molecular flexibility index (Phi) is 5.81. The number of halogens is 2. The molecule has 2 aromatic rings. The Morgan fingerprint density at radius 2 is 1.57 bits per heavy atom. The predicted molar refractivity (Wildman–Crippen MR) is 121 cm³/mol. The summed E-state index contributed by atoms with van der Waals surface area (Å²) in [7, 11) is 1.71. The quantitative estimate of drug-likeness (QED) is 0.534. The Labute approximate surface area is 183 Å². The number of fused-ring (bicyclic) bond motifs is 4. The molecule has 0 saturated heterocycles. The molecular weight excluding hydrogens is 482 g/mol. The summed E-state index contributed by atoms with van der Waals surface area (Å²) < 4.78 is 2.23. The van der Waals surface area contributed by atoms with Crippen LogP contribution in [0.2, 0.25) is 0 Å². The molecule has 0 aromatic heterocycles. The summed E-state index contributed by atoms with van der Waals surface area (Å²) in [5.74, 6) is -0.00206. The molecule has 2 aliphatic rings. The molecule has 0 unspecified atom stereocenters. The Balaban J connectivity index is 1.84. The molecule has 0 radical (unpaired) electrons. The molecule has 2 aromatic carbocycles. The predicted octanol–water partition coefficient (Wildman–Crippen LogP) is 5.55. The maximum Gasteiger partial charge on any atom is 0.235 e. The van der Waals surface area contributed by atoms with Gasteiger partial charge in [0.15, 0.2) is 0 Å². The highest BCUT2D eigenvalue weighted by molar-refractivity contribution is 9.10. The van der Waals surface area contributed by atoms with Crippen molar-refractivity contribution in [1.82, 2.24) is 10.9 Å². The number of anilines is 2. The van der Waals surface area contributed by atoms with Crippen LogP contribution in [0.4, 0.5) is 11.4 Å². The summed E-state index contributed by atoms with van der Waals surface area (Å²) in [4.78, 5) is 14.4. The van der Waals surface area contributed by atoms with E-state index in [0.29, 0.717) is 13.0 Å². The number of amides is 1. The van der Waals surface area contributed by atoms with Crippen LogP contribution in [0.15, 0.2) is 45.3 Å². The van der Waals surface area contributed by atoms with Gasteiger partial charge in [-0.3, -0.25) is 10.2 Å². The van der Waals surface area contributed by atoms with Gasteiger partial charge in [-0.15, -0.1) is 0 Å². The molecule has 28 heavy (non-hydrogen) atoms. The van der Waals surface area contributed by atoms with Crippen LogP contribution in [0.5, 0.6) is 0 Å². The molecule has 0 bridgehead atoms. The molecule has 4 rings (SSSR count). The molecule has 1 heterocycles. The summed E-state index contributed by atoms with van der Waals surface area (Å²) in [5, 5.41) is 0. The Hall–Kier alpha value is -1.37. The molecule has 1 aliphatic carbocycles. The zero-order valence-corrected chi connectivity index (χ0v) is 19.2. The van der Waals surface area contributed by atoms with Crippen molar-refractivity contribution in [3.05, 3.63) is 56.5 Å². The highest BCUT2D eigenvalue weighted by Crippen LogP contribution is 2.56. The molecule has 1 spiro atoms. The molecular formula is C22H25Br2N3O. The second-order valence-electron chi connectivity index (χ2n) is 7.67. The maximum atomic E-state index is 12.1. The second kappa shape index (κ2) is 8.17. The summed E-state index contributed by atoms with van der Waals surface area (Å²) in [6.45, 7) is 0.646. The number of rotatable bonds is 4. The molecule has 1 aliphatic heterocycles. The van der Waals surface area contributed by atoms with Crippen LogP contribution < -0.4 is 15.8 Å².